The van der Waals surface area contributed by atoms with Crippen molar-refractivity contribution in [3.8, 4) is 0 Å². The average Bonchev–Trinajstić information content (AvgIpc) is 2.31. The summed E-state index contributed by atoms with van der Waals surface area (Å²) in [5.41, 5.74) is 1.06. The van der Waals surface area contributed by atoms with E-state index in [2.05, 4.69) is 15.0 Å². The molecule has 4 nitrogen and oxygen atoms in total. The Kier molecular flexibility index (Phi) is 2.99. The van der Waals surface area contributed by atoms with Gasteiger partial charge in [-0.05, 0) is 5.56 Å². The van der Waals surface area contributed by atoms with Crippen LogP contribution in [0.15, 0.2) is 43.0 Å². The molecular weight excluding hydrogens is 190 g/mol. The van der Waals surface area contributed by atoms with E-state index in [0.717, 1.165) is 5.56 Å². The molecule has 1 unspecified atom stereocenters. The zero-order valence-corrected chi connectivity index (χ0v) is 8.11. The molecule has 1 heterocycles. The van der Waals surface area contributed by atoms with E-state index in [4.69, 9.17) is 0 Å². The Morgan fingerprint density at radius 2 is 1.73 bits per heavy atom. The summed E-state index contributed by atoms with van der Waals surface area (Å²) in [7, 11) is 0. The summed E-state index contributed by atoms with van der Waals surface area (Å²) in [6.07, 6.45) is 2.62. The molecule has 4 heteroatoms. The van der Waals surface area contributed by atoms with E-state index in [9.17, 15) is 5.11 Å². The van der Waals surface area contributed by atoms with Crippen LogP contribution in [0.1, 0.15) is 17.5 Å². The molecule has 1 atom stereocenters. The molecule has 2 rings (SSSR count). The average molecular weight is 201 g/mol. The van der Waals surface area contributed by atoms with Crippen molar-refractivity contribution in [3.63, 3.8) is 0 Å². The molecule has 1 aromatic heterocycles. The number of rotatable bonds is 3. The minimum atomic E-state index is -0.671. The smallest absolute Gasteiger partial charge is 0.160 e. The largest absolute Gasteiger partial charge is 0.385 e. The zero-order valence-electron chi connectivity index (χ0n) is 8.11. The molecule has 0 saturated heterocycles. The van der Waals surface area contributed by atoms with E-state index in [-0.39, 0.29) is 0 Å². The van der Waals surface area contributed by atoms with Crippen LogP contribution in [-0.2, 0) is 6.42 Å². The minimum Gasteiger partial charge on any atom is -0.385 e. The van der Waals surface area contributed by atoms with Crippen molar-refractivity contribution >= 4 is 0 Å². The van der Waals surface area contributed by atoms with Crippen molar-refractivity contribution in [1.82, 2.24) is 15.0 Å². The molecular formula is C11H11N3O. The summed E-state index contributed by atoms with van der Waals surface area (Å²) in [5, 5.41) is 9.82. The fraction of sp³-hybridized carbons (Fsp3) is 0.182. The van der Waals surface area contributed by atoms with Gasteiger partial charge in [0, 0.05) is 6.42 Å². The SMILES string of the molecule is OC(Cc1ccccc1)c1ncncn1. The van der Waals surface area contributed by atoms with Crippen LogP contribution >= 0.6 is 0 Å². The Morgan fingerprint density at radius 1 is 1.07 bits per heavy atom. The second-order valence-electron chi connectivity index (χ2n) is 3.20. The topological polar surface area (TPSA) is 58.9 Å². The zero-order chi connectivity index (χ0) is 10.5. The van der Waals surface area contributed by atoms with E-state index >= 15 is 0 Å². The van der Waals surface area contributed by atoms with E-state index in [1.807, 2.05) is 30.3 Å². The van der Waals surface area contributed by atoms with Gasteiger partial charge in [-0.25, -0.2) is 15.0 Å². The number of aliphatic hydroxyl groups excluding tert-OH is 1. The van der Waals surface area contributed by atoms with Gasteiger partial charge in [0.1, 0.15) is 18.8 Å². The monoisotopic (exact) mass is 201 g/mol. The number of aliphatic hydroxyl groups is 1. The van der Waals surface area contributed by atoms with Crippen molar-refractivity contribution in [2.45, 2.75) is 12.5 Å². The molecule has 76 valence electrons. The first-order valence-corrected chi connectivity index (χ1v) is 4.70. The van der Waals surface area contributed by atoms with Gasteiger partial charge in [0.15, 0.2) is 5.82 Å². The van der Waals surface area contributed by atoms with Gasteiger partial charge in [0.25, 0.3) is 0 Å². The Hall–Kier alpha value is -1.81. The number of hydrogen-bond acceptors (Lipinski definition) is 4. The normalized spacial score (nSPS) is 12.3. The van der Waals surface area contributed by atoms with Crippen molar-refractivity contribution in [2.24, 2.45) is 0 Å². The molecule has 0 bridgehead atoms. The maximum absolute atomic E-state index is 9.82. The van der Waals surface area contributed by atoms with Crippen LogP contribution in [0.25, 0.3) is 0 Å². The van der Waals surface area contributed by atoms with Crippen molar-refractivity contribution < 1.29 is 5.11 Å². The van der Waals surface area contributed by atoms with Gasteiger partial charge >= 0.3 is 0 Å². The van der Waals surface area contributed by atoms with Crippen LogP contribution in [0.2, 0.25) is 0 Å². The standard InChI is InChI=1S/C11H11N3O/c15-10(11-13-7-12-8-14-11)6-9-4-2-1-3-5-9/h1-5,7-8,10,15H,6H2. The lowest BCUT2D eigenvalue weighted by molar-refractivity contribution is 0.168. The van der Waals surface area contributed by atoms with E-state index < -0.39 is 6.10 Å². The highest BCUT2D eigenvalue weighted by Crippen LogP contribution is 2.13. The number of hydrogen-bond donors (Lipinski definition) is 1. The number of benzene rings is 1. The fourth-order valence-electron chi connectivity index (χ4n) is 1.35. The molecule has 2 aromatic rings. The van der Waals surface area contributed by atoms with Crippen LogP contribution in [0.4, 0.5) is 0 Å². The molecule has 0 saturated carbocycles. The molecule has 0 spiro atoms. The first kappa shape index (κ1) is 9.73. The van der Waals surface area contributed by atoms with Crippen molar-refractivity contribution in [1.29, 1.82) is 0 Å². The Bertz CT molecular complexity index is 405. The molecule has 15 heavy (non-hydrogen) atoms. The lowest BCUT2D eigenvalue weighted by atomic mass is 10.1. The van der Waals surface area contributed by atoms with E-state index in [0.29, 0.717) is 12.2 Å². The summed E-state index contributed by atoms with van der Waals surface area (Å²) in [5.74, 6) is 0.411. The Morgan fingerprint density at radius 3 is 2.40 bits per heavy atom. The maximum atomic E-state index is 9.82. The Labute approximate surface area is 87.7 Å². The quantitative estimate of drug-likeness (QED) is 0.809. The molecule has 0 radical (unpaired) electrons. The van der Waals surface area contributed by atoms with Gasteiger partial charge in [-0.15, -0.1) is 0 Å². The summed E-state index contributed by atoms with van der Waals surface area (Å²) in [6.45, 7) is 0. The number of aromatic nitrogens is 3. The molecule has 1 aromatic carbocycles. The van der Waals surface area contributed by atoms with Gasteiger partial charge in [-0.1, -0.05) is 30.3 Å². The van der Waals surface area contributed by atoms with Crippen molar-refractivity contribution in [2.75, 3.05) is 0 Å². The van der Waals surface area contributed by atoms with Gasteiger partial charge in [0.05, 0.1) is 0 Å². The van der Waals surface area contributed by atoms with Gasteiger partial charge in [-0.3, -0.25) is 0 Å². The fourth-order valence-corrected chi connectivity index (χ4v) is 1.35. The van der Waals surface area contributed by atoms with Gasteiger partial charge in [0.2, 0.25) is 0 Å². The molecule has 1 N–H and O–H groups in total. The Balaban J connectivity index is 2.08. The van der Waals surface area contributed by atoms with Gasteiger partial charge in [-0.2, -0.15) is 0 Å². The van der Waals surface area contributed by atoms with Crippen LogP contribution in [0.3, 0.4) is 0 Å². The lowest BCUT2D eigenvalue weighted by Crippen LogP contribution is -2.06. The predicted molar refractivity (Wildman–Crippen MR) is 54.9 cm³/mol. The summed E-state index contributed by atoms with van der Waals surface area (Å²) >= 11 is 0. The highest BCUT2D eigenvalue weighted by atomic mass is 16.3. The molecule has 0 aliphatic heterocycles. The summed E-state index contributed by atoms with van der Waals surface area (Å²) < 4.78 is 0. The van der Waals surface area contributed by atoms with Crippen molar-refractivity contribution in [3.05, 3.63) is 54.4 Å². The first-order chi connectivity index (χ1) is 7.36. The summed E-state index contributed by atoms with van der Waals surface area (Å²) in [6, 6.07) is 9.75. The lowest BCUT2D eigenvalue weighted by Gasteiger charge is -2.07. The second-order valence-corrected chi connectivity index (χ2v) is 3.20. The molecule has 0 aliphatic rings. The maximum Gasteiger partial charge on any atom is 0.160 e. The van der Waals surface area contributed by atoms with E-state index in [1.165, 1.54) is 12.7 Å². The minimum absolute atomic E-state index is 0.411. The molecule has 0 amide bonds. The first-order valence-electron chi connectivity index (χ1n) is 4.70. The highest BCUT2D eigenvalue weighted by molar-refractivity contribution is 5.16. The third-order valence-corrected chi connectivity index (χ3v) is 2.08. The highest BCUT2D eigenvalue weighted by Gasteiger charge is 2.10. The van der Waals surface area contributed by atoms with Crippen LogP contribution in [-0.4, -0.2) is 20.1 Å². The van der Waals surface area contributed by atoms with Crippen LogP contribution in [0.5, 0.6) is 0 Å². The third kappa shape index (κ3) is 2.57. The summed E-state index contributed by atoms with van der Waals surface area (Å²) in [4.78, 5) is 11.5. The third-order valence-electron chi connectivity index (χ3n) is 2.08. The van der Waals surface area contributed by atoms with Gasteiger partial charge < -0.3 is 5.11 Å². The molecule has 0 fully saturated rings. The number of nitrogens with zero attached hydrogens (tertiary/aromatic N) is 3. The van der Waals surface area contributed by atoms with Crippen LogP contribution < -0.4 is 0 Å². The second kappa shape index (κ2) is 4.61. The predicted octanol–water partition coefficient (Wildman–Crippen LogP) is 1.15. The molecule has 0 aliphatic carbocycles. The van der Waals surface area contributed by atoms with E-state index in [1.54, 1.807) is 0 Å². The van der Waals surface area contributed by atoms with Crippen LogP contribution in [0, 0.1) is 0 Å².